The number of aldehydes is 1. The van der Waals surface area contributed by atoms with Gasteiger partial charge in [-0.2, -0.15) is 0 Å². The summed E-state index contributed by atoms with van der Waals surface area (Å²) in [5.41, 5.74) is 0.950. The molecule has 0 spiro atoms. The highest BCUT2D eigenvalue weighted by atomic mass is 16.1. The van der Waals surface area contributed by atoms with Gasteiger partial charge in [-0.15, -0.1) is 6.42 Å². The molecular weight excluding hydrogens is 124 g/mol. The Kier molecular flexibility index (Phi) is 5.47. The first kappa shape index (κ1) is 8.97. The van der Waals surface area contributed by atoms with E-state index < -0.39 is 0 Å². The van der Waals surface area contributed by atoms with Crippen molar-refractivity contribution in [1.82, 2.24) is 0 Å². The number of hydrogen-bond acceptors (Lipinski definition) is 1. The van der Waals surface area contributed by atoms with Gasteiger partial charge in [-0.25, -0.2) is 0 Å². The lowest BCUT2D eigenvalue weighted by Crippen LogP contribution is -1.75. The number of hydrogen-bond donors (Lipinski definition) is 0. The second-order valence-corrected chi connectivity index (χ2v) is 2.13. The number of carbonyl (C=O) groups is 1. The van der Waals surface area contributed by atoms with Gasteiger partial charge < -0.3 is 4.79 Å². The first-order valence-electron chi connectivity index (χ1n) is 3.38. The maximum Gasteiger partial charge on any atom is 0.120 e. The van der Waals surface area contributed by atoms with Crippen LogP contribution in [0.15, 0.2) is 11.6 Å². The molecule has 0 saturated carbocycles. The Balaban J connectivity index is 3.36. The van der Waals surface area contributed by atoms with E-state index in [0.29, 0.717) is 6.42 Å². The van der Waals surface area contributed by atoms with Crippen LogP contribution >= 0.6 is 0 Å². The molecule has 0 aliphatic rings. The Hall–Kier alpha value is -1.03. The van der Waals surface area contributed by atoms with Crippen molar-refractivity contribution in [2.24, 2.45) is 0 Å². The Morgan fingerprint density at radius 3 is 2.80 bits per heavy atom. The Labute approximate surface area is 62.1 Å². The van der Waals surface area contributed by atoms with E-state index in [1.807, 2.05) is 13.0 Å². The molecule has 0 aromatic carbocycles. The molecule has 0 saturated heterocycles. The molecule has 0 rings (SSSR count). The molecule has 1 heteroatoms. The minimum Gasteiger partial charge on any atom is -0.303 e. The standard InChI is InChI=1S/C9H12O/c1-3-9(2)7-5-4-6-8-10/h1,7-8H,4-6H2,2H3/b9-7-. The van der Waals surface area contributed by atoms with Crippen LogP contribution in [0.3, 0.4) is 0 Å². The van der Waals surface area contributed by atoms with E-state index in [1.165, 1.54) is 0 Å². The summed E-state index contributed by atoms with van der Waals surface area (Å²) in [6.07, 6.45) is 10.5. The molecule has 0 aliphatic carbocycles. The van der Waals surface area contributed by atoms with Gasteiger partial charge in [0.05, 0.1) is 0 Å². The number of terminal acetylenes is 1. The number of carbonyl (C=O) groups excluding carboxylic acids is 1. The average Bonchev–Trinajstić information content (AvgIpc) is 1.98. The zero-order valence-corrected chi connectivity index (χ0v) is 6.26. The lowest BCUT2D eigenvalue weighted by atomic mass is 10.2. The molecule has 0 radical (unpaired) electrons. The van der Waals surface area contributed by atoms with Gasteiger partial charge in [0.1, 0.15) is 6.29 Å². The normalized spacial score (nSPS) is 10.6. The van der Waals surface area contributed by atoms with Gasteiger partial charge in [-0.1, -0.05) is 12.0 Å². The molecule has 0 atom stereocenters. The van der Waals surface area contributed by atoms with Crippen molar-refractivity contribution in [3.8, 4) is 12.3 Å². The fourth-order valence-corrected chi connectivity index (χ4v) is 0.579. The Bertz CT molecular complexity index is 160. The zero-order valence-electron chi connectivity index (χ0n) is 6.26. The van der Waals surface area contributed by atoms with Crippen molar-refractivity contribution >= 4 is 6.29 Å². The van der Waals surface area contributed by atoms with Crippen LogP contribution in [0.4, 0.5) is 0 Å². The maximum atomic E-state index is 9.86. The first-order chi connectivity index (χ1) is 4.81. The quantitative estimate of drug-likeness (QED) is 0.328. The van der Waals surface area contributed by atoms with Crippen molar-refractivity contribution in [1.29, 1.82) is 0 Å². The first-order valence-corrected chi connectivity index (χ1v) is 3.38. The molecule has 0 bridgehead atoms. The van der Waals surface area contributed by atoms with E-state index in [9.17, 15) is 4.79 Å². The van der Waals surface area contributed by atoms with Gasteiger partial charge >= 0.3 is 0 Å². The molecule has 54 valence electrons. The summed E-state index contributed by atoms with van der Waals surface area (Å²) < 4.78 is 0. The minimum atomic E-state index is 0.633. The summed E-state index contributed by atoms with van der Waals surface area (Å²) in [7, 11) is 0. The van der Waals surface area contributed by atoms with E-state index >= 15 is 0 Å². The zero-order chi connectivity index (χ0) is 7.82. The third kappa shape index (κ3) is 5.11. The van der Waals surface area contributed by atoms with Crippen molar-refractivity contribution in [2.75, 3.05) is 0 Å². The number of allylic oxidation sites excluding steroid dienone is 2. The molecule has 10 heavy (non-hydrogen) atoms. The second-order valence-electron chi connectivity index (χ2n) is 2.13. The summed E-state index contributed by atoms with van der Waals surface area (Å²) >= 11 is 0. The highest BCUT2D eigenvalue weighted by Gasteiger charge is 1.83. The highest BCUT2D eigenvalue weighted by molar-refractivity contribution is 5.49. The van der Waals surface area contributed by atoms with E-state index in [2.05, 4.69) is 5.92 Å². The number of rotatable bonds is 4. The van der Waals surface area contributed by atoms with Crippen molar-refractivity contribution in [3.63, 3.8) is 0 Å². The van der Waals surface area contributed by atoms with Crippen molar-refractivity contribution in [3.05, 3.63) is 11.6 Å². The van der Waals surface area contributed by atoms with E-state index in [4.69, 9.17) is 6.42 Å². The highest BCUT2D eigenvalue weighted by Crippen LogP contribution is 1.98. The predicted molar refractivity (Wildman–Crippen MR) is 42.5 cm³/mol. The minimum absolute atomic E-state index is 0.633. The topological polar surface area (TPSA) is 17.1 Å². The van der Waals surface area contributed by atoms with Gasteiger partial charge in [0.15, 0.2) is 0 Å². The molecule has 0 heterocycles. The molecular formula is C9H12O. The van der Waals surface area contributed by atoms with Gasteiger partial charge in [-0.05, 0) is 25.3 Å². The fraction of sp³-hybridized carbons (Fsp3) is 0.444. The maximum absolute atomic E-state index is 9.86. The van der Waals surface area contributed by atoms with Crippen LogP contribution in [-0.2, 0) is 4.79 Å². The SMILES string of the molecule is C#C/C(C)=C\CCCC=O. The van der Waals surface area contributed by atoms with Gasteiger partial charge in [0.2, 0.25) is 0 Å². The van der Waals surface area contributed by atoms with Crippen molar-refractivity contribution in [2.45, 2.75) is 26.2 Å². The largest absolute Gasteiger partial charge is 0.303 e. The van der Waals surface area contributed by atoms with Crippen LogP contribution in [0.5, 0.6) is 0 Å². The fourth-order valence-electron chi connectivity index (χ4n) is 0.579. The predicted octanol–water partition coefficient (Wildman–Crippen LogP) is 1.94. The molecule has 0 aliphatic heterocycles. The van der Waals surface area contributed by atoms with E-state index in [1.54, 1.807) is 0 Å². The summed E-state index contributed by atoms with van der Waals surface area (Å²) in [4.78, 5) is 9.86. The third-order valence-electron chi connectivity index (χ3n) is 1.20. The van der Waals surface area contributed by atoms with Crippen LogP contribution in [-0.4, -0.2) is 6.29 Å². The lowest BCUT2D eigenvalue weighted by molar-refractivity contribution is -0.107. The Morgan fingerprint density at radius 2 is 2.30 bits per heavy atom. The molecule has 0 fully saturated rings. The van der Waals surface area contributed by atoms with E-state index in [-0.39, 0.29) is 0 Å². The van der Waals surface area contributed by atoms with Crippen molar-refractivity contribution < 1.29 is 4.79 Å². The molecule has 1 nitrogen and oxygen atoms in total. The lowest BCUT2D eigenvalue weighted by Gasteiger charge is -1.88. The van der Waals surface area contributed by atoms with Gasteiger partial charge in [0.25, 0.3) is 0 Å². The number of unbranched alkanes of at least 4 members (excludes halogenated alkanes) is 2. The summed E-state index contributed by atoms with van der Waals surface area (Å²) in [5, 5.41) is 0. The van der Waals surface area contributed by atoms with Crippen LogP contribution in [0, 0.1) is 12.3 Å². The smallest absolute Gasteiger partial charge is 0.120 e. The van der Waals surface area contributed by atoms with Crippen LogP contribution in [0.1, 0.15) is 26.2 Å². The van der Waals surface area contributed by atoms with Crippen LogP contribution < -0.4 is 0 Å². The van der Waals surface area contributed by atoms with Gasteiger partial charge in [0, 0.05) is 6.42 Å². The second kappa shape index (κ2) is 6.10. The average molecular weight is 136 g/mol. The molecule has 0 amide bonds. The van der Waals surface area contributed by atoms with Crippen LogP contribution in [0.2, 0.25) is 0 Å². The summed E-state index contributed by atoms with van der Waals surface area (Å²) in [6.45, 7) is 1.89. The Morgan fingerprint density at radius 1 is 1.60 bits per heavy atom. The molecule has 0 aromatic rings. The molecule has 0 N–H and O–H groups in total. The summed E-state index contributed by atoms with van der Waals surface area (Å²) in [5.74, 6) is 2.51. The van der Waals surface area contributed by atoms with Crippen LogP contribution in [0.25, 0.3) is 0 Å². The molecule has 0 aromatic heterocycles. The third-order valence-corrected chi connectivity index (χ3v) is 1.20. The summed E-state index contributed by atoms with van der Waals surface area (Å²) in [6, 6.07) is 0. The van der Waals surface area contributed by atoms with E-state index in [0.717, 1.165) is 24.7 Å². The molecule has 0 unspecified atom stereocenters. The van der Waals surface area contributed by atoms with Gasteiger partial charge in [-0.3, -0.25) is 0 Å². The monoisotopic (exact) mass is 136 g/mol.